The molecule has 1 heterocycles. The standard InChI is InChI=1S/C12H21F3N2O2/c1-2-3-6-17(8-12(13,14)15)11(18)10-5-4-9(7-16)19-10/h9-10H,2-8,16H2,1H3. The summed E-state index contributed by atoms with van der Waals surface area (Å²) in [5.41, 5.74) is 5.42. The van der Waals surface area contributed by atoms with Gasteiger partial charge in [0.05, 0.1) is 6.10 Å². The third-order valence-electron chi connectivity index (χ3n) is 3.11. The maximum absolute atomic E-state index is 12.5. The van der Waals surface area contributed by atoms with Gasteiger partial charge in [0.1, 0.15) is 12.6 Å². The fraction of sp³-hybridized carbons (Fsp3) is 0.917. The third kappa shape index (κ3) is 5.36. The van der Waals surface area contributed by atoms with Crippen molar-refractivity contribution in [2.24, 2.45) is 5.73 Å². The van der Waals surface area contributed by atoms with Crippen LogP contribution in [0.4, 0.5) is 13.2 Å². The molecular formula is C12H21F3N2O2. The third-order valence-corrected chi connectivity index (χ3v) is 3.11. The van der Waals surface area contributed by atoms with Crippen LogP contribution in [0.3, 0.4) is 0 Å². The van der Waals surface area contributed by atoms with E-state index in [0.29, 0.717) is 19.3 Å². The predicted molar refractivity (Wildman–Crippen MR) is 64.5 cm³/mol. The van der Waals surface area contributed by atoms with Crippen LogP contribution in [0.2, 0.25) is 0 Å². The number of rotatable bonds is 6. The molecule has 0 bridgehead atoms. The summed E-state index contributed by atoms with van der Waals surface area (Å²) in [7, 11) is 0. The Kier molecular flexibility index (Phi) is 6.06. The van der Waals surface area contributed by atoms with E-state index in [1.165, 1.54) is 0 Å². The van der Waals surface area contributed by atoms with E-state index in [1.807, 2.05) is 6.92 Å². The van der Waals surface area contributed by atoms with Crippen LogP contribution < -0.4 is 5.73 Å². The molecule has 0 aliphatic carbocycles. The van der Waals surface area contributed by atoms with Crippen molar-refractivity contribution in [3.05, 3.63) is 0 Å². The zero-order valence-corrected chi connectivity index (χ0v) is 11.1. The van der Waals surface area contributed by atoms with Gasteiger partial charge >= 0.3 is 6.18 Å². The largest absolute Gasteiger partial charge is 0.406 e. The van der Waals surface area contributed by atoms with Gasteiger partial charge in [-0.3, -0.25) is 4.79 Å². The zero-order valence-electron chi connectivity index (χ0n) is 11.1. The van der Waals surface area contributed by atoms with E-state index in [2.05, 4.69) is 0 Å². The Morgan fingerprint density at radius 1 is 1.42 bits per heavy atom. The molecule has 0 aromatic heterocycles. The maximum Gasteiger partial charge on any atom is 0.406 e. The number of hydrogen-bond donors (Lipinski definition) is 1. The van der Waals surface area contributed by atoms with Crippen LogP contribution in [0.1, 0.15) is 32.6 Å². The van der Waals surface area contributed by atoms with Gasteiger partial charge in [-0.2, -0.15) is 13.2 Å². The number of carbonyl (C=O) groups is 1. The molecule has 112 valence electrons. The molecule has 0 aromatic rings. The van der Waals surface area contributed by atoms with Crippen LogP contribution in [0.5, 0.6) is 0 Å². The lowest BCUT2D eigenvalue weighted by atomic mass is 10.1. The number of carbonyl (C=O) groups excluding carboxylic acids is 1. The highest BCUT2D eigenvalue weighted by Crippen LogP contribution is 2.23. The summed E-state index contributed by atoms with van der Waals surface area (Å²) in [5.74, 6) is -0.568. The number of nitrogens with zero attached hydrogens (tertiary/aromatic N) is 1. The summed E-state index contributed by atoms with van der Waals surface area (Å²) in [6, 6.07) is 0. The molecular weight excluding hydrogens is 261 g/mol. The first-order chi connectivity index (χ1) is 8.87. The second-order valence-corrected chi connectivity index (χ2v) is 4.79. The van der Waals surface area contributed by atoms with Gasteiger partial charge in [-0.25, -0.2) is 0 Å². The minimum Gasteiger partial charge on any atom is -0.364 e. The van der Waals surface area contributed by atoms with Crippen molar-refractivity contribution in [2.45, 2.75) is 51.0 Å². The Morgan fingerprint density at radius 2 is 2.11 bits per heavy atom. The van der Waals surface area contributed by atoms with Crippen LogP contribution in [0.25, 0.3) is 0 Å². The van der Waals surface area contributed by atoms with Crippen LogP contribution in [0, 0.1) is 0 Å². The molecule has 0 saturated carbocycles. The summed E-state index contributed by atoms with van der Waals surface area (Å²) in [5, 5.41) is 0. The van der Waals surface area contributed by atoms with Crippen LogP contribution in [-0.2, 0) is 9.53 Å². The van der Waals surface area contributed by atoms with E-state index in [0.717, 1.165) is 11.3 Å². The Balaban J connectivity index is 2.60. The number of hydrogen-bond acceptors (Lipinski definition) is 3. The van der Waals surface area contributed by atoms with E-state index < -0.39 is 24.7 Å². The Labute approximate surface area is 111 Å². The maximum atomic E-state index is 12.5. The van der Waals surface area contributed by atoms with Gasteiger partial charge in [0.25, 0.3) is 5.91 Å². The molecule has 4 nitrogen and oxygen atoms in total. The number of amides is 1. The SMILES string of the molecule is CCCCN(CC(F)(F)F)C(=O)C1CCC(CN)O1. The molecule has 1 rings (SSSR count). The lowest BCUT2D eigenvalue weighted by molar-refractivity contribution is -0.167. The predicted octanol–water partition coefficient (Wildman–Crippen LogP) is 1.68. The number of nitrogens with two attached hydrogens (primary N) is 1. The molecule has 0 spiro atoms. The zero-order chi connectivity index (χ0) is 14.5. The highest BCUT2D eigenvalue weighted by atomic mass is 19.4. The number of halogens is 3. The molecule has 1 aliphatic heterocycles. The molecule has 7 heteroatoms. The Bertz CT molecular complexity index is 297. The molecule has 1 saturated heterocycles. The van der Waals surface area contributed by atoms with Gasteiger partial charge in [-0.05, 0) is 19.3 Å². The van der Waals surface area contributed by atoms with Crippen LogP contribution in [0.15, 0.2) is 0 Å². The summed E-state index contributed by atoms with van der Waals surface area (Å²) in [6.07, 6.45) is -3.01. The summed E-state index contributed by atoms with van der Waals surface area (Å²) < 4.78 is 42.8. The molecule has 0 aromatic carbocycles. The van der Waals surface area contributed by atoms with E-state index >= 15 is 0 Å². The van der Waals surface area contributed by atoms with Crippen LogP contribution >= 0.6 is 0 Å². The van der Waals surface area contributed by atoms with Crippen molar-refractivity contribution >= 4 is 5.91 Å². The van der Waals surface area contributed by atoms with E-state index in [4.69, 9.17) is 10.5 Å². The minimum atomic E-state index is -4.38. The molecule has 1 fully saturated rings. The first-order valence-corrected chi connectivity index (χ1v) is 6.58. The van der Waals surface area contributed by atoms with Crippen molar-refractivity contribution in [1.29, 1.82) is 0 Å². The Hall–Kier alpha value is -0.820. The summed E-state index contributed by atoms with van der Waals surface area (Å²) in [6.45, 7) is 1.06. The monoisotopic (exact) mass is 282 g/mol. The number of unbranched alkanes of at least 4 members (excludes halogenated alkanes) is 1. The van der Waals surface area contributed by atoms with Gasteiger partial charge in [-0.15, -0.1) is 0 Å². The van der Waals surface area contributed by atoms with Crippen molar-refractivity contribution < 1.29 is 22.7 Å². The molecule has 1 aliphatic rings. The quantitative estimate of drug-likeness (QED) is 0.806. The second kappa shape index (κ2) is 7.09. The van der Waals surface area contributed by atoms with Crippen molar-refractivity contribution in [2.75, 3.05) is 19.6 Å². The normalized spacial score (nSPS) is 23.6. The molecule has 1 amide bonds. The average molecular weight is 282 g/mol. The topological polar surface area (TPSA) is 55.6 Å². The lowest BCUT2D eigenvalue weighted by Crippen LogP contribution is -2.45. The fourth-order valence-electron chi connectivity index (χ4n) is 2.10. The van der Waals surface area contributed by atoms with Gasteiger partial charge in [0.2, 0.25) is 0 Å². The molecule has 19 heavy (non-hydrogen) atoms. The summed E-state index contributed by atoms with van der Waals surface area (Å²) >= 11 is 0. The Morgan fingerprint density at radius 3 is 2.58 bits per heavy atom. The van der Waals surface area contributed by atoms with Crippen molar-refractivity contribution in [3.63, 3.8) is 0 Å². The highest BCUT2D eigenvalue weighted by Gasteiger charge is 2.38. The molecule has 2 unspecified atom stereocenters. The fourth-order valence-corrected chi connectivity index (χ4v) is 2.10. The molecule has 0 radical (unpaired) electrons. The highest BCUT2D eigenvalue weighted by molar-refractivity contribution is 5.81. The smallest absolute Gasteiger partial charge is 0.364 e. The van der Waals surface area contributed by atoms with Gasteiger partial charge in [0, 0.05) is 13.1 Å². The van der Waals surface area contributed by atoms with Gasteiger partial charge in [0.15, 0.2) is 0 Å². The first-order valence-electron chi connectivity index (χ1n) is 6.58. The van der Waals surface area contributed by atoms with E-state index in [-0.39, 0.29) is 19.2 Å². The molecule has 2 atom stereocenters. The van der Waals surface area contributed by atoms with E-state index in [9.17, 15) is 18.0 Å². The second-order valence-electron chi connectivity index (χ2n) is 4.79. The lowest BCUT2D eigenvalue weighted by Gasteiger charge is -2.26. The minimum absolute atomic E-state index is 0.113. The van der Waals surface area contributed by atoms with Crippen LogP contribution in [-0.4, -0.2) is 48.8 Å². The number of alkyl halides is 3. The summed E-state index contributed by atoms with van der Waals surface area (Å²) in [4.78, 5) is 12.9. The molecule has 2 N–H and O–H groups in total. The van der Waals surface area contributed by atoms with Crippen molar-refractivity contribution in [3.8, 4) is 0 Å². The van der Waals surface area contributed by atoms with E-state index in [1.54, 1.807) is 0 Å². The average Bonchev–Trinajstić information content (AvgIpc) is 2.80. The van der Waals surface area contributed by atoms with Crippen molar-refractivity contribution in [1.82, 2.24) is 4.90 Å². The van der Waals surface area contributed by atoms with Gasteiger partial charge in [-0.1, -0.05) is 13.3 Å². The number of ether oxygens (including phenoxy) is 1. The first kappa shape index (κ1) is 16.2. The van der Waals surface area contributed by atoms with Gasteiger partial charge < -0.3 is 15.4 Å².